The second-order valence-electron chi connectivity index (χ2n) is 5.97. The Hall–Kier alpha value is -1.44. The molecule has 1 fully saturated rings. The lowest BCUT2D eigenvalue weighted by Crippen LogP contribution is -2.41. The molecular weight excluding hydrogens is 316 g/mol. The third kappa shape index (κ3) is 4.10. The van der Waals surface area contributed by atoms with E-state index in [4.69, 9.17) is 4.84 Å². The number of nitrogens with zero attached hydrogens (tertiary/aromatic N) is 1. The predicted molar refractivity (Wildman–Crippen MR) is 87.3 cm³/mol. The fourth-order valence-electron chi connectivity index (χ4n) is 2.83. The molecule has 1 aliphatic rings. The summed E-state index contributed by atoms with van der Waals surface area (Å²) in [7, 11) is -1.17. The Labute approximate surface area is 137 Å². The molecule has 0 saturated heterocycles. The normalized spacial score (nSPS) is 22.1. The zero-order valence-electron chi connectivity index (χ0n) is 13.8. The Morgan fingerprint density at radius 2 is 2.00 bits per heavy atom. The average molecular weight is 340 g/mol. The van der Waals surface area contributed by atoms with Crippen LogP contribution < -0.4 is 5.32 Å². The highest BCUT2D eigenvalue weighted by atomic mass is 32.2. The maximum Gasteiger partial charge on any atom is 0.264 e. The standard InChI is InChI=1S/C16H24N2O4S/c1-12-7-4-5-10-15(12)17-16(19)13-8-6-9-14(11-13)23(20,21)18(2)22-3/h6,8-9,11-12,15H,4-5,7,10H2,1-3H3,(H,17,19)/t12-,15-/m0/s1. The third-order valence-electron chi connectivity index (χ3n) is 4.42. The van der Waals surface area contributed by atoms with E-state index in [1.165, 1.54) is 32.7 Å². The van der Waals surface area contributed by atoms with Gasteiger partial charge in [-0.2, -0.15) is 0 Å². The van der Waals surface area contributed by atoms with Gasteiger partial charge < -0.3 is 5.32 Å². The number of nitrogens with one attached hydrogen (secondary N) is 1. The Bertz CT molecular complexity index is 660. The van der Waals surface area contributed by atoms with E-state index in [9.17, 15) is 13.2 Å². The smallest absolute Gasteiger partial charge is 0.264 e. The molecule has 1 N–H and O–H groups in total. The van der Waals surface area contributed by atoms with Gasteiger partial charge in [0.2, 0.25) is 0 Å². The molecule has 2 atom stereocenters. The van der Waals surface area contributed by atoms with E-state index < -0.39 is 10.0 Å². The second kappa shape index (κ2) is 7.42. The Kier molecular flexibility index (Phi) is 5.78. The highest BCUT2D eigenvalue weighted by molar-refractivity contribution is 7.89. The lowest BCUT2D eigenvalue weighted by Gasteiger charge is -2.29. The van der Waals surface area contributed by atoms with E-state index in [0.717, 1.165) is 23.7 Å². The predicted octanol–water partition coefficient (Wildman–Crippen LogP) is 2.18. The van der Waals surface area contributed by atoms with Gasteiger partial charge in [0, 0.05) is 18.7 Å². The van der Waals surface area contributed by atoms with Gasteiger partial charge in [-0.05, 0) is 37.0 Å². The Morgan fingerprint density at radius 1 is 1.30 bits per heavy atom. The molecule has 1 aromatic rings. The van der Waals surface area contributed by atoms with Crippen LogP contribution in [0.2, 0.25) is 0 Å². The number of amides is 1. The van der Waals surface area contributed by atoms with Crippen LogP contribution in [-0.4, -0.2) is 39.0 Å². The van der Waals surface area contributed by atoms with Crippen molar-refractivity contribution in [3.63, 3.8) is 0 Å². The second-order valence-corrected chi connectivity index (χ2v) is 7.90. The van der Waals surface area contributed by atoms with Gasteiger partial charge in [0.15, 0.2) is 0 Å². The molecule has 0 aliphatic heterocycles. The molecule has 0 unspecified atom stereocenters. The lowest BCUT2D eigenvalue weighted by molar-refractivity contribution is -0.0258. The summed E-state index contributed by atoms with van der Waals surface area (Å²) in [4.78, 5) is 17.2. The first-order valence-electron chi connectivity index (χ1n) is 7.80. The summed E-state index contributed by atoms with van der Waals surface area (Å²) in [6.07, 6.45) is 4.39. The van der Waals surface area contributed by atoms with Crippen LogP contribution >= 0.6 is 0 Å². The van der Waals surface area contributed by atoms with Crippen molar-refractivity contribution >= 4 is 15.9 Å². The van der Waals surface area contributed by atoms with Crippen LogP contribution in [0.1, 0.15) is 43.0 Å². The van der Waals surface area contributed by atoms with E-state index in [1.807, 2.05) is 0 Å². The van der Waals surface area contributed by atoms with Crippen LogP contribution in [0.25, 0.3) is 0 Å². The summed E-state index contributed by atoms with van der Waals surface area (Å²) in [5.41, 5.74) is 0.341. The van der Waals surface area contributed by atoms with Crippen LogP contribution in [-0.2, 0) is 14.9 Å². The molecule has 1 aromatic carbocycles. The van der Waals surface area contributed by atoms with E-state index in [-0.39, 0.29) is 16.8 Å². The van der Waals surface area contributed by atoms with Crippen molar-refractivity contribution in [3.05, 3.63) is 29.8 Å². The maximum absolute atomic E-state index is 12.4. The minimum atomic E-state index is -3.76. The number of sulfonamides is 1. The van der Waals surface area contributed by atoms with E-state index in [0.29, 0.717) is 11.5 Å². The molecule has 0 radical (unpaired) electrons. The lowest BCUT2D eigenvalue weighted by atomic mass is 9.86. The number of hydrogen-bond acceptors (Lipinski definition) is 4. The molecular formula is C16H24N2O4S. The van der Waals surface area contributed by atoms with Crippen LogP contribution in [0.15, 0.2) is 29.2 Å². The van der Waals surface area contributed by atoms with Crippen molar-refractivity contribution in [1.29, 1.82) is 0 Å². The van der Waals surface area contributed by atoms with Crippen molar-refractivity contribution in [2.45, 2.75) is 43.5 Å². The largest absolute Gasteiger partial charge is 0.349 e. The van der Waals surface area contributed by atoms with Crippen LogP contribution in [0.3, 0.4) is 0 Å². The monoisotopic (exact) mass is 340 g/mol. The first-order valence-corrected chi connectivity index (χ1v) is 9.24. The van der Waals surface area contributed by atoms with Gasteiger partial charge in [-0.25, -0.2) is 8.42 Å². The number of benzene rings is 1. The average Bonchev–Trinajstić information content (AvgIpc) is 2.56. The van der Waals surface area contributed by atoms with Gasteiger partial charge in [0.05, 0.1) is 12.0 Å². The van der Waals surface area contributed by atoms with Crippen LogP contribution in [0.4, 0.5) is 0 Å². The van der Waals surface area contributed by atoms with Crippen molar-refractivity contribution in [2.75, 3.05) is 14.2 Å². The van der Waals surface area contributed by atoms with Crippen LogP contribution in [0, 0.1) is 5.92 Å². The van der Waals surface area contributed by atoms with Crippen molar-refractivity contribution in [3.8, 4) is 0 Å². The van der Waals surface area contributed by atoms with E-state index in [2.05, 4.69) is 12.2 Å². The molecule has 2 rings (SSSR count). The van der Waals surface area contributed by atoms with Gasteiger partial charge in [0.25, 0.3) is 15.9 Å². The zero-order chi connectivity index (χ0) is 17.0. The summed E-state index contributed by atoms with van der Waals surface area (Å²) < 4.78 is 25.3. The number of hydroxylamine groups is 1. The molecule has 0 bridgehead atoms. The summed E-state index contributed by atoms with van der Waals surface area (Å²) in [5, 5.41) is 3.03. The molecule has 6 nitrogen and oxygen atoms in total. The molecule has 0 aromatic heterocycles. The summed E-state index contributed by atoms with van der Waals surface area (Å²) in [5.74, 6) is 0.208. The first-order chi connectivity index (χ1) is 10.9. The Balaban J connectivity index is 2.17. The topological polar surface area (TPSA) is 75.7 Å². The number of hydrogen-bond donors (Lipinski definition) is 1. The first kappa shape index (κ1) is 17.9. The van der Waals surface area contributed by atoms with E-state index >= 15 is 0 Å². The van der Waals surface area contributed by atoms with Crippen LogP contribution in [0.5, 0.6) is 0 Å². The van der Waals surface area contributed by atoms with Gasteiger partial charge in [-0.15, -0.1) is 0 Å². The fourth-order valence-corrected chi connectivity index (χ4v) is 3.85. The highest BCUT2D eigenvalue weighted by Gasteiger charge is 2.25. The minimum absolute atomic E-state index is 0.0335. The third-order valence-corrected chi connectivity index (χ3v) is 6.09. The molecule has 7 heteroatoms. The van der Waals surface area contributed by atoms with Crippen molar-refractivity contribution in [2.24, 2.45) is 5.92 Å². The molecule has 0 heterocycles. The zero-order valence-corrected chi connectivity index (χ0v) is 14.6. The molecule has 1 amide bonds. The number of carbonyl (C=O) groups is 1. The number of rotatable bonds is 5. The molecule has 1 saturated carbocycles. The fraction of sp³-hybridized carbons (Fsp3) is 0.562. The van der Waals surface area contributed by atoms with Gasteiger partial charge in [-0.1, -0.05) is 30.3 Å². The van der Waals surface area contributed by atoms with Gasteiger partial charge in [0.1, 0.15) is 0 Å². The summed E-state index contributed by atoms with van der Waals surface area (Å²) in [6.45, 7) is 2.14. The van der Waals surface area contributed by atoms with Gasteiger partial charge in [-0.3, -0.25) is 9.63 Å². The molecule has 0 spiro atoms. The molecule has 1 aliphatic carbocycles. The molecule has 23 heavy (non-hydrogen) atoms. The number of carbonyl (C=O) groups excluding carboxylic acids is 1. The maximum atomic E-state index is 12.4. The SMILES string of the molecule is CON(C)S(=O)(=O)c1cccc(C(=O)N[C@H]2CCCC[C@@H]2C)c1. The quantitative estimate of drug-likeness (QED) is 0.834. The summed E-state index contributed by atoms with van der Waals surface area (Å²) in [6, 6.07) is 6.17. The van der Waals surface area contributed by atoms with Crippen molar-refractivity contribution in [1.82, 2.24) is 9.79 Å². The summed E-state index contributed by atoms with van der Waals surface area (Å²) >= 11 is 0. The highest BCUT2D eigenvalue weighted by Crippen LogP contribution is 2.24. The van der Waals surface area contributed by atoms with E-state index in [1.54, 1.807) is 12.1 Å². The minimum Gasteiger partial charge on any atom is -0.349 e. The Morgan fingerprint density at radius 3 is 2.65 bits per heavy atom. The van der Waals surface area contributed by atoms with Gasteiger partial charge >= 0.3 is 0 Å². The molecule has 128 valence electrons. The van der Waals surface area contributed by atoms with Crippen molar-refractivity contribution < 1.29 is 18.0 Å².